The Morgan fingerprint density at radius 2 is 1.69 bits per heavy atom. The Hall–Kier alpha value is -3.83. The van der Waals surface area contributed by atoms with Crippen molar-refractivity contribution in [1.82, 2.24) is 19.6 Å². The number of carbonyl (C=O) groups excluding carboxylic acids is 1. The third-order valence-electron chi connectivity index (χ3n) is 6.38. The highest BCUT2D eigenvalue weighted by atomic mass is 16.5. The predicted octanol–water partition coefficient (Wildman–Crippen LogP) is 3.86. The van der Waals surface area contributed by atoms with Crippen molar-refractivity contribution in [3.05, 3.63) is 60.3 Å². The summed E-state index contributed by atoms with van der Waals surface area (Å²) in [4.78, 5) is 17.7. The molecule has 8 heteroatoms. The van der Waals surface area contributed by atoms with Crippen LogP contribution in [-0.2, 0) is 0 Å². The molecule has 1 aromatic heterocycles. The second-order valence-corrected chi connectivity index (χ2v) is 8.89. The number of nitriles is 1. The second-order valence-electron chi connectivity index (χ2n) is 8.89. The van der Waals surface area contributed by atoms with Crippen LogP contribution in [0.25, 0.3) is 16.9 Å². The fraction of sp³-hybridized carbons (Fsp3) is 0.370. The Balaban J connectivity index is 1.67. The van der Waals surface area contributed by atoms with Crippen molar-refractivity contribution in [1.29, 1.82) is 5.26 Å². The van der Waals surface area contributed by atoms with Crippen LogP contribution >= 0.6 is 0 Å². The third-order valence-corrected chi connectivity index (χ3v) is 6.38. The molecule has 4 rings (SSSR count). The number of rotatable bonds is 7. The molecular weight excluding hydrogens is 442 g/mol. The number of hydrogen-bond donors (Lipinski definition) is 0. The number of hydrogen-bond acceptors (Lipinski definition) is 6. The van der Waals surface area contributed by atoms with Gasteiger partial charge in [0.05, 0.1) is 31.5 Å². The minimum Gasteiger partial charge on any atom is -0.493 e. The van der Waals surface area contributed by atoms with Crippen molar-refractivity contribution in [2.45, 2.75) is 19.9 Å². The summed E-state index contributed by atoms with van der Waals surface area (Å²) in [7, 11) is 3.17. The van der Waals surface area contributed by atoms with Crippen LogP contribution in [0.5, 0.6) is 11.5 Å². The summed E-state index contributed by atoms with van der Waals surface area (Å²) in [5.74, 6) is 1.35. The van der Waals surface area contributed by atoms with Crippen molar-refractivity contribution in [2.24, 2.45) is 5.92 Å². The monoisotopic (exact) mass is 473 g/mol. The van der Waals surface area contributed by atoms with Crippen LogP contribution in [0, 0.1) is 17.2 Å². The van der Waals surface area contributed by atoms with Gasteiger partial charge in [0, 0.05) is 37.9 Å². The summed E-state index contributed by atoms with van der Waals surface area (Å²) in [5, 5.41) is 14.3. The van der Waals surface area contributed by atoms with Crippen LogP contribution in [-0.4, -0.2) is 71.9 Å². The molecule has 1 aliphatic rings. The van der Waals surface area contributed by atoms with E-state index in [9.17, 15) is 10.1 Å². The van der Waals surface area contributed by atoms with Gasteiger partial charge in [-0.2, -0.15) is 10.4 Å². The van der Waals surface area contributed by atoms with Gasteiger partial charge in [-0.1, -0.05) is 32.0 Å². The summed E-state index contributed by atoms with van der Waals surface area (Å²) in [6.45, 7) is 6.57. The highest BCUT2D eigenvalue weighted by Gasteiger charge is 2.30. The Kier molecular flexibility index (Phi) is 7.37. The summed E-state index contributed by atoms with van der Waals surface area (Å²) < 4.78 is 12.6. The van der Waals surface area contributed by atoms with E-state index in [1.807, 2.05) is 53.4 Å². The van der Waals surface area contributed by atoms with Gasteiger partial charge in [-0.15, -0.1) is 0 Å². The number of amides is 1. The Morgan fingerprint density at radius 3 is 2.29 bits per heavy atom. The maximum atomic E-state index is 13.7. The lowest BCUT2D eigenvalue weighted by Crippen LogP contribution is -2.52. The molecule has 1 fully saturated rings. The number of methoxy groups -OCH3 is 2. The molecule has 1 aliphatic heterocycles. The summed E-state index contributed by atoms with van der Waals surface area (Å²) in [6.07, 6.45) is 1.79. The first kappa shape index (κ1) is 24.3. The van der Waals surface area contributed by atoms with Gasteiger partial charge < -0.3 is 14.4 Å². The van der Waals surface area contributed by atoms with Crippen molar-refractivity contribution in [3.63, 3.8) is 0 Å². The molecule has 0 bridgehead atoms. The van der Waals surface area contributed by atoms with E-state index in [0.717, 1.165) is 11.3 Å². The molecule has 35 heavy (non-hydrogen) atoms. The zero-order valence-corrected chi connectivity index (χ0v) is 20.6. The molecule has 0 radical (unpaired) electrons. The lowest BCUT2D eigenvalue weighted by atomic mass is 10.0. The van der Waals surface area contributed by atoms with E-state index in [4.69, 9.17) is 14.6 Å². The molecule has 0 spiro atoms. The molecule has 182 valence electrons. The molecule has 1 atom stereocenters. The topological polar surface area (TPSA) is 83.6 Å². The van der Waals surface area contributed by atoms with E-state index in [-0.39, 0.29) is 17.9 Å². The van der Waals surface area contributed by atoms with Crippen molar-refractivity contribution >= 4 is 5.91 Å². The van der Waals surface area contributed by atoms with E-state index in [0.29, 0.717) is 48.9 Å². The van der Waals surface area contributed by atoms with Crippen LogP contribution in [0.4, 0.5) is 0 Å². The molecule has 1 saturated heterocycles. The minimum atomic E-state index is -0.143. The smallest absolute Gasteiger partial charge is 0.257 e. The number of benzene rings is 2. The van der Waals surface area contributed by atoms with E-state index in [2.05, 4.69) is 24.8 Å². The molecule has 0 saturated carbocycles. The van der Waals surface area contributed by atoms with Crippen LogP contribution in [0.15, 0.2) is 54.7 Å². The molecule has 2 heterocycles. The van der Waals surface area contributed by atoms with E-state index >= 15 is 0 Å². The first-order chi connectivity index (χ1) is 17.0. The summed E-state index contributed by atoms with van der Waals surface area (Å²) in [5.41, 5.74) is 2.74. The summed E-state index contributed by atoms with van der Waals surface area (Å²) in [6, 6.07) is 17.5. The van der Waals surface area contributed by atoms with Gasteiger partial charge in [-0.05, 0) is 36.2 Å². The van der Waals surface area contributed by atoms with Gasteiger partial charge in [0.15, 0.2) is 11.5 Å². The number of para-hydroxylation sites is 1. The molecule has 3 aromatic rings. The largest absolute Gasteiger partial charge is 0.493 e. The average molecular weight is 474 g/mol. The average Bonchev–Trinajstić information content (AvgIpc) is 3.34. The molecule has 0 aliphatic carbocycles. The van der Waals surface area contributed by atoms with Crippen molar-refractivity contribution in [3.8, 4) is 34.5 Å². The molecule has 1 unspecified atom stereocenters. The number of carbonyl (C=O) groups is 1. The lowest BCUT2D eigenvalue weighted by Gasteiger charge is -2.38. The minimum absolute atomic E-state index is 0.0744. The van der Waals surface area contributed by atoms with Crippen LogP contribution in [0.1, 0.15) is 24.2 Å². The number of aromatic nitrogens is 2. The standard InChI is InChI=1S/C27H31N5O3/c1-19(2)23(17-28)30-12-14-31(15-13-30)27(33)22-18-32(21-8-6-5-7-9-21)29-26(22)20-10-11-24(34-3)25(16-20)35-4/h5-11,16,18-19,23H,12-15H2,1-4H3. The lowest BCUT2D eigenvalue weighted by molar-refractivity contribution is 0.0577. The Morgan fingerprint density at radius 1 is 1.00 bits per heavy atom. The number of ether oxygens (including phenoxy) is 2. The van der Waals surface area contributed by atoms with Gasteiger partial charge >= 0.3 is 0 Å². The maximum absolute atomic E-state index is 13.7. The highest BCUT2D eigenvalue weighted by Crippen LogP contribution is 2.34. The van der Waals surface area contributed by atoms with E-state index in [1.165, 1.54) is 0 Å². The second kappa shape index (κ2) is 10.6. The maximum Gasteiger partial charge on any atom is 0.257 e. The van der Waals surface area contributed by atoms with Crippen LogP contribution in [0.3, 0.4) is 0 Å². The zero-order valence-electron chi connectivity index (χ0n) is 20.6. The number of nitrogens with zero attached hydrogens (tertiary/aromatic N) is 5. The van der Waals surface area contributed by atoms with Crippen LogP contribution < -0.4 is 9.47 Å². The van der Waals surface area contributed by atoms with E-state index in [1.54, 1.807) is 25.1 Å². The highest BCUT2D eigenvalue weighted by molar-refractivity contribution is 6.00. The Labute approximate surface area is 206 Å². The predicted molar refractivity (Wildman–Crippen MR) is 134 cm³/mol. The fourth-order valence-electron chi connectivity index (χ4n) is 4.47. The van der Waals surface area contributed by atoms with Gasteiger partial charge in [-0.25, -0.2) is 4.68 Å². The van der Waals surface area contributed by atoms with E-state index < -0.39 is 0 Å². The first-order valence-electron chi connectivity index (χ1n) is 11.8. The Bertz CT molecular complexity index is 1210. The van der Waals surface area contributed by atoms with Crippen molar-refractivity contribution in [2.75, 3.05) is 40.4 Å². The van der Waals surface area contributed by atoms with Gasteiger partial charge in [0.1, 0.15) is 11.7 Å². The van der Waals surface area contributed by atoms with Gasteiger partial charge in [-0.3, -0.25) is 9.69 Å². The molecular formula is C27H31N5O3. The van der Waals surface area contributed by atoms with Crippen LogP contribution in [0.2, 0.25) is 0 Å². The summed E-state index contributed by atoms with van der Waals surface area (Å²) >= 11 is 0. The molecule has 1 amide bonds. The van der Waals surface area contributed by atoms with Gasteiger partial charge in [0.2, 0.25) is 0 Å². The van der Waals surface area contributed by atoms with Crippen molar-refractivity contribution < 1.29 is 14.3 Å². The SMILES string of the molecule is COc1ccc(-c2nn(-c3ccccc3)cc2C(=O)N2CCN(C(C#N)C(C)C)CC2)cc1OC. The number of piperazine rings is 1. The van der Waals surface area contributed by atoms with Gasteiger partial charge in [0.25, 0.3) is 5.91 Å². The quantitative estimate of drug-likeness (QED) is 0.518. The molecule has 2 aromatic carbocycles. The fourth-order valence-corrected chi connectivity index (χ4v) is 4.47. The first-order valence-corrected chi connectivity index (χ1v) is 11.8. The third kappa shape index (κ3) is 5.00. The molecule has 0 N–H and O–H groups in total. The normalized spacial score (nSPS) is 15.0. The molecule has 8 nitrogen and oxygen atoms in total. The zero-order chi connectivity index (χ0) is 24.9.